The van der Waals surface area contributed by atoms with E-state index >= 15 is 0 Å². The van der Waals surface area contributed by atoms with Crippen molar-refractivity contribution in [3.63, 3.8) is 0 Å². The molecule has 8 heavy (non-hydrogen) atoms. The minimum Gasteiger partial charge on any atom is -0.480 e. The molecule has 0 fully saturated rings. The largest absolute Gasteiger partial charge is 0.480 e. The molecule has 0 aromatic rings. The molecule has 0 aliphatic heterocycles. The van der Waals surface area contributed by atoms with Crippen molar-refractivity contribution in [3.8, 4) is 0 Å². The highest BCUT2D eigenvalue weighted by molar-refractivity contribution is 5.73. The third-order valence-corrected chi connectivity index (χ3v) is 0.696. The van der Waals surface area contributed by atoms with Crippen LogP contribution < -0.4 is 11.0 Å². The summed E-state index contributed by atoms with van der Waals surface area (Å²) in [5.41, 5.74) is 5.06. The number of hydrogen-bond donors (Lipinski definition) is 3. The van der Waals surface area contributed by atoms with Gasteiger partial charge in [-0.05, 0) is 7.05 Å². The van der Waals surface area contributed by atoms with Gasteiger partial charge in [0.2, 0.25) is 0 Å². The predicted octanol–water partition coefficient (Wildman–Crippen LogP) is -1.38. The Morgan fingerprint density at radius 2 is 2.75 bits per heavy atom. The van der Waals surface area contributed by atoms with Crippen molar-refractivity contribution in [2.24, 2.45) is 5.73 Å². The molecular formula is C4H10N2O2. The fourth-order valence-electron chi connectivity index (χ4n) is 0.275. The standard InChI is InChI=1S/C4H10N2O2/c1-6-2-3(5)4(7)8/h3,6H,2,5H2,1H3,(H,7,8)/t3-/m0/s1/i/hD. The first-order valence-corrected chi connectivity index (χ1v) is 2.22. The maximum atomic E-state index is 10.00. The number of hydrogen-bond acceptors (Lipinski definition) is 3. The van der Waals surface area contributed by atoms with Crippen LogP contribution in [-0.2, 0) is 4.79 Å². The van der Waals surface area contributed by atoms with Crippen LogP contribution in [0, 0.1) is 0 Å². The van der Waals surface area contributed by atoms with E-state index < -0.39 is 12.0 Å². The summed E-state index contributed by atoms with van der Waals surface area (Å²) in [7, 11) is 1.45. The van der Waals surface area contributed by atoms with E-state index in [-0.39, 0.29) is 6.54 Å². The molecule has 0 radical (unpaired) electrons. The molecule has 4 nitrogen and oxygen atoms in total. The van der Waals surface area contributed by atoms with Gasteiger partial charge in [-0.15, -0.1) is 0 Å². The lowest BCUT2D eigenvalue weighted by atomic mass is 10.3. The van der Waals surface area contributed by atoms with Gasteiger partial charge in [-0.3, -0.25) is 4.79 Å². The van der Waals surface area contributed by atoms with Crippen LogP contribution in [0.5, 0.6) is 0 Å². The van der Waals surface area contributed by atoms with Gasteiger partial charge in [0, 0.05) is 6.54 Å². The highest BCUT2D eigenvalue weighted by atomic mass is 16.4. The van der Waals surface area contributed by atoms with Crippen LogP contribution in [-0.4, -0.2) is 30.7 Å². The van der Waals surface area contributed by atoms with Gasteiger partial charge < -0.3 is 16.2 Å². The maximum absolute atomic E-state index is 10.00. The molecule has 0 heterocycles. The molecule has 0 aliphatic carbocycles. The van der Waals surface area contributed by atoms with Crippen LogP contribution in [0.25, 0.3) is 0 Å². The minimum absolute atomic E-state index is 0.0509. The Balaban J connectivity index is 3.50. The number of nitrogens with one attached hydrogen (secondary N) is 1. The zero-order valence-electron chi connectivity index (χ0n) is 5.66. The van der Waals surface area contributed by atoms with Crippen molar-refractivity contribution in [1.29, 1.82) is 0 Å². The van der Waals surface area contributed by atoms with E-state index in [0.717, 1.165) is 5.31 Å². The number of carbonyl (C=O) groups is 1. The van der Waals surface area contributed by atoms with E-state index in [2.05, 4.69) is 0 Å². The summed E-state index contributed by atoms with van der Waals surface area (Å²) in [6.07, 6.45) is 0. The third kappa shape index (κ3) is 2.54. The van der Waals surface area contributed by atoms with Gasteiger partial charge in [-0.25, -0.2) is 0 Å². The summed E-state index contributed by atoms with van der Waals surface area (Å²) in [5, 5.41) is 9.18. The van der Waals surface area contributed by atoms with Crippen molar-refractivity contribution in [1.82, 2.24) is 5.31 Å². The first kappa shape index (κ1) is 5.53. The van der Waals surface area contributed by atoms with Crippen molar-refractivity contribution in [3.05, 3.63) is 0 Å². The molecule has 0 aromatic carbocycles. The average molecular weight is 119 g/mol. The lowest BCUT2D eigenvalue weighted by Gasteiger charge is -2.02. The van der Waals surface area contributed by atoms with E-state index in [1.165, 1.54) is 7.05 Å². The molecule has 0 saturated heterocycles. The van der Waals surface area contributed by atoms with Gasteiger partial charge in [0.05, 0.1) is 0 Å². The van der Waals surface area contributed by atoms with Crippen LogP contribution in [0.3, 0.4) is 0 Å². The van der Waals surface area contributed by atoms with Crippen molar-refractivity contribution < 1.29 is 11.3 Å². The molecular weight excluding hydrogens is 108 g/mol. The Morgan fingerprint density at radius 3 is 2.88 bits per heavy atom. The Morgan fingerprint density at radius 1 is 2.25 bits per heavy atom. The molecule has 0 amide bonds. The van der Waals surface area contributed by atoms with E-state index in [1.54, 1.807) is 0 Å². The molecule has 0 saturated carbocycles. The molecule has 1 atom stereocenters. The van der Waals surface area contributed by atoms with Gasteiger partial charge in [-0.1, -0.05) is 0 Å². The number of likely N-dealkylation sites (N-methyl/N-ethyl adjacent to an activating group) is 1. The number of aliphatic carboxylic acids is 1. The molecule has 0 bridgehead atoms. The van der Waals surface area contributed by atoms with Gasteiger partial charge in [-0.2, -0.15) is 0 Å². The molecule has 0 rings (SSSR count). The molecule has 48 valence electrons. The normalized spacial score (nSPS) is 15.6. The highest BCUT2D eigenvalue weighted by Gasteiger charge is 2.07. The first-order chi connectivity index (χ1) is 4.04. The Labute approximate surface area is 49.1 Å². The minimum atomic E-state index is -1.07. The SMILES string of the molecule is [2H]N(C)C[C@H](N)C(=O)O. The smallest absolute Gasteiger partial charge is 0.321 e. The van der Waals surface area contributed by atoms with Crippen molar-refractivity contribution >= 4 is 5.97 Å². The highest BCUT2D eigenvalue weighted by Crippen LogP contribution is 1.71. The Hall–Kier alpha value is -0.610. The van der Waals surface area contributed by atoms with E-state index in [1.807, 2.05) is 0 Å². The lowest BCUT2D eigenvalue weighted by molar-refractivity contribution is -0.138. The molecule has 0 spiro atoms. The second-order valence-corrected chi connectivity index (χ2v) is 1.44. The van der Waals surface area contributed by atoms with Crippen LogP contribution in [0.4, 0.5) is 0 Å². The van der Waals surface area contributed by atoms with Crippen LogP contribution in [0.2, 0.25) is 1.41 Å². The number of rotatable bonds is 3. The van der Waals surface area contributed by atoms with E-state index in [4.69, 9.17) is 12.3 Å². The van der Waals surface area contributed by atoms with Gasteiger partial charge >= 0.3 is 5.97 Å². The summed E-state index contributed by atoms with van der Waals surface area (Å²) >= 11 is 0. The Kier molecular flexibility index (Phi) is 2.35. The summed E-state index contributed by atoms with van der Waals surface area (Å²) < 4.78 is 6.79. The number of carboxylic acid groups (broad SMARTS) is 1. The third-order valence-electron chi connectivity index (χ3n) is 0.696. The summed E-state index contributed by atoms with van der Waals surface area (Å²) in [5.74, 6) is -1.07. The van der Waals surface area contributed by atoms with Crippen LogP contribution in [0.15, 0.2) is 0 Å². The zero-order chi connectivity index (χ0) is 7.44. The van der Waals surface area contributed by atoms with Gasteiger partial charge in [0.15, 0.2) is 0 Å². The summed E-state index contributed by atoms with van der Waals surface area (Å²) in [4.78, 5) is 10.00. The first-order valence-electron chi connectivity index (χ1n) is 2.67. The van der Waals surface area contributed by atoms with E-state index in [0.29, 0.717) is 0 Å². The molecule has 4 N–H and O–H groups in total. The topological polar surface area (TPSA) is 75.3 Å². The summed E-state index contributed by atoms with van der Waals surface area (Å²) in [6, 6.07) is -0.951. The van der Waals surface area contributed by atoms with Crippen LogP contribution >= 0.6 is 0 Å². The fraction of sp³-hybridized carbons (Fsp3) is 0.750. The molecule has 0 aliphatic rings. The van der Waals surface area contributed by atoms with Gasteiger partial charge in [0.1, 0.15) is 7.45 Å². The average Bonchev–Trinajstić information content (AvgIpc) is 1.63. The second kappa shape index (κ2) is 3.40. The zero-order valence-corrected chi connectivity index (χ0v) is 4.66. The van der Waals surface area contributed by atoms with E-state index in [9.17, 15) is 4.79 Å². The maximum Gasteiger partial charge on any atom is 0.321 e. The van der Waals surface area contributed by atoms with Crippen LogP contribution in [0.1, 0.15) is 0 Å². The predicted molar refractivity (Wildman–Crippen MR) is 29.5 cm³/mol. The molecule has 0 unspecified atom stereocenters. The second-order valence-electron chi connectivity index (χ2n) is 1.44. The quantitative estimate of drug-likeness (QED) is 0.428. The monoisotopic (exact) mass is 119 g/mol. The van der Waals surface area contributed by atoms with Crippen molar-refractivity contribution in [2.75, 3.05) is 13.6 Å². The fourth-order valence-corrected chi connectivity index (χ4v) is 0.275. The number of carboxylic acids is 1. The summed E-state index contributed by atoms with van der Waals surface area (Å²) in [6.45, 7) is 0.0509. The molecule has 4 heteroatoms. The molecule has 0 aromatic heterocycles. The lowest BCUT2D eigenvalue weighted by Crippen LogP contribution is -2.38. The van der Waals surface area contributed by atoms with Crippen molar-refractivity contribution in [2.45, 2.75) is 6.04 Å². The Bertz CT molecular complexity index is 107. The number of nitrogens with two attached hydrogens (primary N) is 1. The van der Waals surface area contributed by atoms with Gasteiger partial charge in [0.25, 0.3) is 0 Å².